The number of nitrogens with zero attached hydrogens (tertiary/aromatic N) is 2. The Morgan fingerprint density at radius 2 is 2.10 bits per heavy atom. The fourth-order valence-electron chi connectivity index (χ4n) is 2.79. The van der Waals surface area contributed by atoms with Gasteiger partial charge in [-0.2, -0.15) is 13.2 Å². The molecule has 0 saturated carbocycles. The largest absolute Gasteiger partial charge is 0.416 e. The van der Waals surface area contributed by atoms with Gasteiger partial charge in [0.25, 0.3) is 0 Å². The van der Waals surface area contributed by atoms with E-state index in [-0.39, 0.29) is 17.2 Å². The minimum Gasteiger partial charge on any atom is -0.306 e. The summed E-state index contributed by atoms with van der Waals surface area (Å²) in [5.74, 6) is 0. The van der Waals surface area contributed by atoms with E-state index in [0.29, 0.717) is 5.52 Å². The molecule has 1 unspecified atom stereocenters. The molecule has 1 aliphatic heterocycles. The van der Waals surface area contributed by atoms with Gasteiger partial charge < -0.3 is 9.88 Å². The maximum Gasteiger partial charge on any atom is 0.416 e. The molecule has 108 valence electrons. The van der Waals surface area contributed by atoms with E-state index >= 15 is 0 Å². The number of halogens is 3. The zero-order chi connectivity index (χ0) is 14.5. The third-order valence-corrected chi connectivity index (χ3v) is 3.78. The van der Waals surface area contributed by atoms with Gasteiger partial charge in [0.1, 0.15) is 0 Å². The Balaban J connectivity index is 2.11. The van der Waals surface area contributed by atoms with Crippen LogP contribution in [0.15, 0.2) is 23.0 Å². The number of alkyl halides is 3. The summed E-state index contributed by atoms with van der Waals surface area (Å²) >= 11 is 0. The summed E-state index contributed by atoms with van der Waals surface area (Å²) in [5.41, 5.74) is -0.329. The van der Waals surface area contributed by atoms with E-state index in [4.69, 9.17) is 0 Å². The van der Waals surface area contributed by atoms with Gasteiger partial charge in [-0.25, -0.2) is 4.79 Å². The van der Waals surface area contributed by atoms with Crippen molar-refractivity contribution in [2.45, 2.75) is 18.6 Å². The van der Waals surface area contributed by atoms with Crippen molar-refractivity contribution in [3.63, 3.8) is 0 Å². The predicted molar refractivity (Wildman–Crippen MR) is 68.7 cm³/mol. The Morgan fingerprint density at radius 1 is 1.35 bits per heavy atom. The number of H-pyrrole nitrogens is 1. The van der Waals surface area contributed by atoms with Crippen molar-refractivity contribution in [3.8, 4) is 0 Å². The van der Waals surface area contributed by atoms with Crippen molar-refractivity contribution in [1.29, 1.82) is 0 Å². The monoisotopic (exact) mass is 285 g/mol. The first-order valence-electron chi connectivity index (χ1n) is 6.36. The minimum atomic E-state index is -4.40. The zero-order valence-corrected chi connectivity index (χ0v) is 10.9. The Labute approximate surface area is 112 Å². The highest BCUT2D eigenvalue weighted by atomic mass is 19.4. The SMILES string of the molecule is CN1CCC(n2c(=O)[nH]c3cc(C(F)(F)F)ccc32)C1. The number of fused-ring (bicyclic) bond motifs is 1. The van der Waals surface area contributed by atoms with Crippen LogP contribution in [0.5, 0.6) is 0 Å². The first-order chi connectivity index (χ1) is 9.36. The maximum absolute atomic E-state index is 12.7. The van der Waals surface area contributed by atoms with Crippen LogP contribution in [0.25, 0.3) is 11.0 Å². The summed E-state index contributed by atoms with van der Waals surface area (Å²) in [4.78, 5) is 16.6. The van der Waals surface area contributed by atoms with E-state index in [1.807, 2.05) is 7.05 Å². The zero-order valence-electron chi connectivity index (χ0n) is 10.9. The topological polar surface area (TPSA) is 41.0 Å². The fraction of sp³-hybridized carbons (Fsp3) is 0.462. The average molecular weight is 285 g/mol. The van der Waals surface area contributed by atoms with Gasteiger partial charge in [-0.1, -0.05) is 0 Å². The summed E-state index contributed by atoms with van der Waals surface area (Å²) in [6.07, 6.45) is -3.58. The Hall–Kier alpha value is -1.76. The molecule has 20 heavy (non-hydrogen) atoms. The highest BCUT2D eigenvalue weighted by molar-refractivity contribution is 5.76. The lowest BCUT2D eigenvalue weighted by atomic mass is 10.2. The number of aromatic nitrogens is 2. The van der Waals surface area contributed by atoms with E-state index in [1.165, 1.54) is 6.07 Å². The number of aromatic amines is 1. The number of rotatable bonds is 1. The highest BCUT2D eigenvalue weighted by Gasteiger charge is 2.31. The molecule has 1 aromatic carbocycles. The lowest BCUT2D eigenvalue weighted by Crippen LogP contribution is -2.24. The summed E-state index contributed by atoms with van der Waals surface area (Å²) in [6, 6.07) is 3.39. The Kier molecular flexibility index (Phi) is 2.89. The van der Waals surface area contributed by atoms with Crippen LogP contribution in [-0.4, -0.2) is 34.6 Å². The number of benzene rings is 1. The van der Waals surface area contributed by atoms with Crippen molar-refractivity contribution >= 4 is 11.0 Å². The van der Waals surface area contributed by atoms with Crippen molar-refractivity contribution in [2.75, 3.05) is 20.1 Å². The van der Waals surface area contributed by atoms with Gasteiger partial charge in [0, 0.05) is 6.54 Å². The van der Waals surface area contributed by atoms with Crippen molar-refractivity contribution < 1.29 is 13.2 Å². The number of hydrogen-bond donors (Lipinski definition) is 1. The maximum atomic E-state index is 12.7. The average Bonchev–Trinajstić information content (AvgIpc) is 2.89. The molecule has 1 atom stereocenters. The van der Waals surface area contributed by atoms with E-state index in [1.54, 1.807) is 4.57 Å². The first kappa shape index (κ1) is 13.2. The molecule has 1 N–H and O–H groups in total. The van der Waals surface area contributed by atoms with Crippen LogP contribution in [0.2, 0.25) is 0 Å². The van der Waals surface area contributed by atoms with Crippen LogP contribution in [0.4, 0.5) is 13.2 Å². The van der Waals surface area contributed by atoms with Crippen LogP contribution in [-0.2, 0) is 6.18 Å². The standard InChI is InChI=1S/C13H14F3N3O/c1-18-5-4-9(7-18)19-11-3-2-8(13(14,15)16)6-10(11)17-12(19)20/h2-3,6,9H,4-5,7H2,1H3,(H,17,20). The number of imidazole rings is 1. The lowest BCUT2D eigenvalue weighted by molar-refractivity contribution is -0.137. The van der Waals surface area contributed by atoms with Crippen LogP contribution >= 0.6 is 0 Å². The molecule has 0 aliphatic carbocycles. The predicted octanol–water partition coefficient (Wildman–Crippen LogP) is 2.22. The van der Waals surface area contributed by atoms with Crippen LogP contribution in [0.3, 0.4) is 0 Å². The third kappa shape index (κ3) is 2.11. The number of likely N-dealkylation sites (tertiary alicyclic amines) is 1. The number of nitrogens with one attached hydrogen (secondary N) is 1. The van der Waals surface area contributed by atoms with Crippen molar-refractivity contribution in [1.82, 2.24) is 14.5 Å². The van der Waals surface area contributed by atoms with E-state index in [0.717, 1.165) is 31.6 Å². The number of hydrogen-bond acceptors (Lipinski definition) is 2. The second-order valence-corrected chi connectivity index (χ2v) is 5.23. The van der Waals surface area contributed by atoms with E-state index in [9.17, 15) is 18.0 Å². The molecule has 3 rings (SSSR count). The molecular weight excluding hydrogens is 271 g/mol. The fourth-order valence-corrected chi connectivity index (χ4v) is 2.79. The van der Waals surface area contributed by atoms with E-state index < -0.39 is 11.7 Å². The van der Waals surface area contributed by atoms with Crippen LogP contribution in [0.1, 0.15) is 18.0 Å². The molecule has 0 spiro atoms. The van der Waals surface area contributed by atoms with Gasteiger partial charge in [-0.3, -0.25) is 4.57 Å². The molecule has 4 nitrogen and oxygen atoms in total. The van der Waals surface area contributed by atoms with E-state index in [2.05, 4.69) is 9.88 Å². The van der Waals surface area contributed by atoms with Gasteiger partial charge >= 0.3 is 11.9 Å². The molecule has 1 saturated heterocycles. The first-order valence-corrected chi connectivity index (χ1v) is 6.36. The lowest BCUT2D eigenvalue weighted by Gasteiger charge is -2.13. The molecule has 1 fully saturated rings. The second kappa shape index (κ2) is 4.37. The molecule has 1 aromatic heterocycles. The van der Waals surface area contributed by atoms with Gasteiger partial charge in [0.2, 0.25) is 0 Å². The van der Waals surface area contributed by atoms with Gasteiger partial charge in [0.05, 0.1) is 22.6 Å². The normalized spacial score (nSPS) is 20.9. The van der Waals surface area contributed by atoms with Crippen molar-refractivity contribution in [2.24, 2.45) is 0 Å². The van der Waals surface area contributed by atoms with Gasteiger partial charge in [-0.15, -0.1) is 0 Å². The molecule has 2 aromatic rings. The smallest absolute Gasteiger partial charge is 0.306 e. The summed E-state index contributed by atoms with van der Waals surface area (Å²) < 4.78 is 39.6. The molecule has 1 aliphatic rings. The Morgan fingerprint density at radius 3 is 2.70 bits per heavy atom. The molecule has 0 radical (unpaired) electrons. The molecular formula is C13H14F3N3O. The summed E-state index contributed by atoms with van der Waals surface area (Å²) in [6.45, 7) is 1.61. The van der Waals surface area contributed by atoms with Crippen molar-refractivity contribution in [3.05, 3.63) is 34.2 Å². The molecule has 0 bridgehead atoms. The second-order valence-electron chi connectivity index (χ2n) is 5.23. The minimum absolute atomic E-state index is 0.0120. The molecule has 2 heterocycles. The summed E-state index contributed by atoms with van der Waals surface area (Å²) in [7, 11) is 1.96. The van der Waals surface area contributed by atoms with Crippen LogP contribution < -0.4 is 5.69 Å². The highest BCUT2D eigenvalue weighted by Crippen LogP contribution is 2.31. The van der Waals surface area contributed by atoms with Crippen LogP contribution in [0, 0.1) is 0 Å². The number of likely N-dealkylation sites (N-methyl/N-ethyl adjacent to an activating group) is 1. The van der Waals surface area contributed by atoms with Gasteiger partial charge in [0.15, 0.2) is 0 Å². The Bertz CT molecular complexity index is 701. The molecule has 7 heteroatoms. The van der Waals surface area contributed by atoms with Gasteiger partial charge in [-0.05, 0) is 38.2 Å². The molecule has 0 amide bonds. The third-order valence-electron chi connectivity index (χ3n) is 3.78. The summed E-state index contributed by atoms with van der Waals surface area (Å²) in [5, 5.41) is 0. The quantitative estimate of drug-likeness (QED) is 0.873.